The fourth-order valence-electron chi connectivity index (χ4n) is 1.86. The Bertz CT molecular complexity index is 529. The Morgan fingerprint density at radius 2 is 1.84 bits per heavy atom. The number of benzene rings is 1. The third kappa shape index (κ3) is 8.76. The van der Waals surface area contributed by atoms with Gasteiger partial charge in [-0.1, -0.05) is 31.8 Å². The third-order valence-electron chi connectivity index (χ3n) is 3.71. The van der Waals surface area contributed by atoms with Crippen molar-refractivity contribution >= 4 is 25.8 Å². The summed E-state index contributed by atoms with van der Waals surface area (Å²) in [6, 6.07) is 8.69. The Morgan fingerprint density at radius 3 is 2.36 bits per heavy atom. The highest BCUT2D eigenvalue weighted by Crippen LogP contribution is 2.30. The second-order valence-electron chi connectivity index (χ2n) is 7.36. The van der Waals surface area contributed by atoms with Crippen molar-refractivity contribution in [2.24, 2.45) is 0 Å². The van der Waals surface area contributed by atoms with E-state index in [1.54, 1.807) is 14.0 Å². The molecule has 0 saturated heterocycles. The van der Waals surface area contributed by atoms with Crippen molar-refractivity contribution < 1.29 is 24.1 Å². The van der Waals surface area contributed by atoms with E-state index in [1.807, 2.05) is 24.3 Å². The van der Waals surface area contributed by atoms with Crippen LogP contribution in [0.1, 0.15) is 12.5 Å². The van der Waals surface area contributed by atoms with Gasteiger partial charge in [0.25, 0.3) is 0 Å². The largest absolute Gasteiger partial charge is 0.497 e. The molecule has 0 saturated carbocycles. The molecule has 0 spiro atoms. The van der Waals surface area contributed by atoms with Gasteiger partial charge in [0.1, 0.15) is 17.3 Å². The highest BCUT2D eigenvalue weighted by atomic mass is 32.2. The van der Waals surface area contributed by atoms with Crippen LogP contribution >= 0.6 is 11.8 Å². The molecule has 1 N–H and O–H groups in total. The predicted molar refractivity (Wildman–Crippen MR) is 105 cm³/mol. The van der Waals surface area contributed by atoms with Crippen LogP contribution in [-0.4, -0.2) is 51.0 Å². The van der Waals surface area contributed by atoms with Gasteiger partial charge in [-0.3, -0.25) is 4.79 Å². The number of carbonyl (C=O) groups is 1. The topological polar surface area (TPSA) is 65.0 Å². The molecule has 1 aromatic carbocycles. The summed E-state index contributed by atoms with van der Waals surface area (Å²) < 4.78 is 15.1. The number of carboxylic acids is 1. The minimum Gasteiger partial charge on any atom is -0.497 e. The van der Waals surface area contributed by atoms with Crippen LogP contribution in [-0.2, 0) is 20.0 Å². The van der Waals surface area contributed by atoms with Crippen molar-refractivity contribution in [3.05, 3.63) is 29.8 Å². The number of hydrogen-bond acceptors (Lipinski definition) is 5. The number of thioether (sulfide) groups is 1. The van der Waals surface area contributed by atoms with Crippen molar-refractivity contribution in [1.82, 2.24) is 0 Å². The maximum absolute atomic E-state index is 11.6. The second kappa shape index (κ2) is 10.2. The van der Waals surface area contributed by atoms with Gasteiger partial charge in [0.05, 0.1) is 13.7 Å². The van der Waals surface area contributed by atoms with Gasteiger partial charge in [0, 0.05) is 20.4 Å². The molecule has 0 aliphatic carbocycles. The number of methoxy groups -OCH3 is 1. The fourth-order valence-corrected chi connectivity index (χ4v) is 3.59. The van der Waals surface area contributed by atoms with Crippen molar-refractivity contribution in [2.45, 2.75) is 43.1 Å². The van der Waals surface area contributed by atoms with Crippen LogP contribution in [0.25, 0.3) is 0 Å². The van der Waals surface area contributed by atoms with Crippen LogP contribution in [0.4, 0.5) is 0 Å². The van der Waals surface area contributed by atoms with E-state index in [9.17, 15) is 9.90 Å². The lowest BCUT2D eigenvalue weighted by molar-refractivity contribution is -0.142. The van der Waals surface area contributed by atoms with E-state index < -0.39 is 18.8 Å². The van der Waals surface area contributed by atoms with Crippen LogP contribution in [0, 0.1) is 0 Å². The quantitative estimate of drug-likeness (QED) is 0.331. The highest BCUT2D eigenvalue weighted by molar-refractivity contribution is 8.00. The highest BCUT2D eigenvalue weighted by Gasteiger charge is 2.34. The summed E-state index contributed by atoms with van der Waals surface area (Å²) in [5, 5.41) is 9.55. The van der Waals surface area contributed by atoms with Gasteiger partial charge < -0.3 is 19.3 Å². The predicted octanol–water partition coefficient (Wildman–Crippen LogP) is 4.10. The zero-order valence-electron chi connectivity index (χ0n) is 15.8. The van der Waals surface area contributed by atoms with Gasteiger partial charge >= 0.3 is 5.97 Å². The van der Waals surface area contributed by atoms with E-state index in [0.29, 0.717) is 12.4 Å². The third-order valence-corrected chi connectivity index (χ3v) is 6.82. The number of aliphatic carboxylic acids is 1. The Morgan fingerprint density at radius 1 is 1.20 bits per heavy atom. The van der Waals surface area contributed by atoms with Crippen molar-refractivity contribution in [3.63, 3.8) is 0 Å². The number of ether oxygens (including phenoxy) is 3. The van der Waals surface area contributed by atoms with Crippen LogP contribution in [0.3, 0.4) is 0 Å². The summed E-state index contributed by atoms with van der Waals surface area (Å²) in [5.74, 6) is 0.494. The normalized spacial score (nSPS) is 14.1. The Hall–Kier alpha value is -1.02. The molecular formula is C18H30O5SSi. The van der Waals surface area contributed by atoms with Gasteiger partial charge in [-0.2, -0.15) is 0 Å². The summed E-state index contributed by atoms with van der Waals surface area (Å²) in [7, 11) is 0.503. The van der Waals surface area contributed by atoms with Gasteiger partial charge in [0.15, 0.2) is 0 Å². The Balaban J connectivity index is 2.40. The molecule has 5 nitrogen and oxygen atoms in total. The molecule has 0 heterocycles. The van der Waals surface area contributed by atoms with Gasteiger partial charge in [0.2, 0.25) is 0 Å². The van der Waals surface area contributed by atoms with Crippen molar-refractivity contribution in [1.29, 1.82) is 0 Å². The molecule has 0 fully saturated rings. The van der Waals surface area contributed by atoms with Crippen LogP contribution in [0.15, 0.2) is 24.3 Å². The first-order valence-electron chi connectivity index (χ1n) is 8.32. The van der Waals surface area contributed by atoms with E-state index in [0.717, 1.165) is 17.4 Å². The molecule has 7 heteroatoms. The van der Waals surface area contributed by atoms with E-state index in [1.165, 1.54) is 11.8 Å². The van der Waals surface area contributed by atoms with E-state index in [2.05, 4.69) is 19.6 Å². The Labute approximate surface area is 156 Å². The van der Waals surface area contributed by atoms with Gasteiger partial charge in [-0.25, -0.2) is 0 Å². The molecule has 1 rings (SSSR count). The molecule has 25 heavy (non-hydrogen) atoms. The average Bonchev–Trinajstić information content (AvgIpc) is 2.55. The summed E-state index contributed by atoms with van der Waals surface area (Å²) in [5.41, 5.74) is 1.05. The molecule has 0 amide bonds. The lowest BCUT2D eigenvalue weighted by atomic mass is 10.2. The van der Waals surface area contributed by atoms with Crippen LogP contribution in [0.5, 0.6) is 5.75 Å². The summed E-state index contributed by atoms with van der Waals surface area (Å²) >= 11 is 1.35. The molecule has 142 valence electrons. The molecule has 0 unspecified atom stereocenters. The lowest BCUT2D eigenvalue weighted by Gasteiger charge is -2.24. The maximum atomic E-state index is 11.6. The van der Waals surface area contributed by atoms with Crippen LogP contribution in [0.2, 0.25) is 25.7 Å². The number of hydrogen-bond donors (Lipinski definition) is 1. The van der Waals surface area contributed by atoms with Crippen LogP contribution < -0.4 is 4.74 Å². The summed E-state index contributed by atoms with van der Waals surface area (Å²) in [4.78, 5) is 11.6. The Kier molecular flexibility index (Phi) is 8.99. The number of rotatable bonds is 12. The molecular weight excluding hydrogens is 356 g/mol. The summed E-state index contributed by atoms with van der Waals surface area (Å²) in [6.45, 7) is 9.45. The molecule has 0 radical (unpaired) electrons. The molecule has 0 aromatic heterocycles. The standard InChI is InChI=1S/C18H30O5SSi/c1-18(17(19)20,13-23-14-22-10-11-25(3,4)5)24-12-15-6-8-16(21-2)9-7-15/h6-9H,10-14H2,1-5H3,(H,19,20)/t18-/m0/s1. The minimum absolute atomic E-state index is 0.107. The lowest BCUT2D eigenvalue weighted by Crippen LogP contribution is -2.37. The van der Waals surface area contributed by atoms with Crippen molar-refractivity contribution in [2.75, 3.05) is 27.1 Å². The average molecular weight is 387 g/mol. The van der Waals surface area contributed by atoms with Gasteiger partial charge in [-0.05, 0) is 30.7 Å². The summed E-state index contributed by atoms with van der Waals surface area (Å²) in [6.07, 6.45) is 0. The molecule has 0 aliphatic rings. The molecule has 1 aromatic rings. The van der Waals surface area contributed by atoms with E-state index >= 15 is 0 Å². The first-order valence-corrected chi connectivity index (χ1v) is 13.0. The maximum Gasteiger partial charge on any atom is 0.321 e. The van der Waals surface area contributed by atoms with Gasteiger partial charge in [-0.15, -0.1) is 11.8 Å². The first-order chi connectivity index (χ1) is 11.7. The molecule has 0 aliphatic heterocycles. The zero-order chi connectivity index (χ0) is 18.9. The minimum atomic E-state index is -1.12. The second-order valence-corrected chi connectivity index (χ2v) is 14.5. The monoisotopic (exact) mass is 386 g/mol. The zero-order valence-corrected chi connectivity index (χ0v) is 17.6. The van der Waals surface area contributed by atoms with Crippen molar-refractivity contribution in [3.8, 4) is 5.75 Å². The van der Waals surface area contributed by atoms with E-state index in [-0.39, 0.29) is 13.4 Å². The molecule has 0 bridgehead atoms. The van der Waals surface area contributed by atoms with E-state index in [4.69, 9.17) is 14.2 Å². The SMILES string of the molecule is COc1ccc(CS[C@@](C)(COCOCC[Si](C)(C)C)C(=O)O)cc1. The number of carboxylic acid groups (broad SMARTS) is 1. The molecule has 1 atom stereocenters. The fraction of sp³-hybridized carbons (Fsp3) is 0.611. The smallest absolute Gasteiger partial charge is 0.321 e. The first kappa shape index (κ1) is 22.0.